The van der Waals surface area contributed by atoms with Crippen molar-refractivity contribution in [2.24, 2.45) is 0 Å². The number of ether oxygens (including phenoxy) is 1. The summed E-state index contributed by atoms with van der Waals surface area (Å²) < 4.78 is 5.57. The molecule has 0 fully saturated rings. The molecular formula is C15H21NO2. The second-order valence-corrected chi connectivity index (χ2v) is 4.29. The molecule has 0 saturated heterocycles. The molecule has 1 N–H and O–H groups in total. The fourth-order valence-corrected chi connectivity index (χ4v) is 1.58. The standard InChI is InChI=1S/C15H21NO2/c1-5-11(2)15(17)18-14(12(3)16-4)13-9-7-6-8-10-13/h5-10,12,14,16H,1-4H3. The van der Waals surface area contributed by atoms with Crippen LogP contribution in [0, 0.1) is 0 Å². The molecule has 1 aromatic rings. The summed E-state index contributed by atoms with van der Waals surface area (Å²) in [5.74, 6) is -0.270. The summed E-state index contributed by atoms with van der Waals surface area (Å²) in [6, 6.07) is 9.83. The maximum absolute atomic E-state index is 11.9. The molecule has 18 heavy (non-hydrogen) atoms. The van der Waals surface area contributed by atoms with E-state index in [-0.39, 0.29) is 18.1 Å². The highest BCUT2D eigenvalue weighted by Gasteiger charge is 2.22. The lowest BCUT2D eigenvalue weighted by molar-refractivity contribution is -0.146. The number of carbonyl (C=O) groups is 1. The van der Waals surface area contributed by atoms with Gasteiger partial charge in [-0.15, -0.1) is 0 Å². The van der Waals surface area contributed by atoms with Crippen LogP contribution in [-0.2, 0) is 9.53 Å². The summed E-state index contributed by atoms with van der Waals surface area (Å²) in [6.45, 7) is 5.58. The Morgan fingerprint density at radius 1 is 1.33 bits per heavy atom. The van der Waals surface area contributed by atoms with E-state index in [1.165, 1.54) is 0 Å². The van der Waals surface area contributed by atoms with Crippen molar-refractivity contribution < 1.29 is 9.53 Å². The molecule has 0 heterocycles. The van der Waals surface area contributed by atoms with Gasteiger partial charge in [-0.25, -0.2) is 4.79 Å². The van der Waals surface area contributed by atoms with Crippen molar-refractivity contribution in [1.29, 1.82) is 0 Å². The number of nitrogens with one attached hydrogen (secondary N) is 1. The van der Waals surface area contributed by atoms with Crippen LogP contribution in [0.3, 0.4) is 0 Å². The summed E-state index contributed by atoms with van der Waals surface area (Å²) in [7, 11) is 1.86. The van der Waals surface area contributed by atoms with E-state index in [2.05, 4.69) is 5.32 Å². The van der Waals surface area contributed by atoms with Crippen molar-refractivity contribution in [3.63, 3.8) is 0 Å². The lowest BCUT2D eigenvalue weighted by Crippen LogP contribution is -2.32. The molecular weight excluding hydrogens is 226 g/mol. The van der Waals surface area contributed by atoms with E-state index in [1.807, 2.05) is 51.2 Å². The van der Waals surface area contributed by atoms with Crippen LogP contribution in [0.1, 0.15) is 32.4 Å². The zero-order valence-electron chi connectivity index (χ0n) is 11.4. The fourth-order valence-electron chi connectivity index (χ4n) is 1.58. The molecule has 0 aliphatic rings. The number of hydrogen-bond acceptors (Lipinski definition) is 3. The van der Waals surface area contributed by atoms with Gasteiger partial charge < -0.3 is 10.1 Å². The first kappa shape index (κ1) is 14.5. The SMILES string of the molecule is CC=C(C)C(=O)OC(c1ccccc1)C(C)NC. The first-order valence-electron chi connectivity index (χ1n) is 6.16. The minimum atomic E-state index is -0.279. The third-order valence-corrected chi connectivity index (χ3v) is 3.03. The van der Waals surface area contributed by atoms with Crippen molar-refractivity contribution >= 4 is 5.97 Å². The molecule has 98 valence electrons. The Morgan fingerprint density at radius 3 is 2.44 bits per heavy atom. The maximum atomic E-state index is 11.9. The van der Waals surface area contributed by atoms with Crippen LogP contribution in [0.4, 0.5) is 0 Å². The normalized spacial score (nSPS) is 15.0. The first-order valence-corrected chi connectivity index (χ1v) is 6.16. The minimum Gasteiger partial charge on any atom is -0.452 e. The zero-order valence-corrected chi connectivity index (χ0v) is 11.4. The summed E-state index contributed by atoms with van der Waals surface area (Å²) in [4.78, 5) is 11.9. The van der Waals surface area contributed by atoms with E-state index < -0.39 is 0 Å². The Balaban J connectivity index is 2.90. The average molecular weight is 247 g/mol. The van der Waals surface area contributed by atoms with Gasteiger partial charge >= 0.3 is 5.97 Å². The van der Waals surface area contributed by atoms with Gasteiger partial charge in [0.25, 0.3) is 0 Å². The van der Waals surface area contributed by atoms with Crippen LogP contribution >= 0.6 is 0 Å². The number of esters is 1. The van der Waals surface area contributed by atoms with Crippen LogP contribution in [0.15, 0.2) is 42.0 Å². The quantitative estimate of drug-likeness (QED) is 0.642. The van der Waals surface area contributed by atoms with E-state index in [0.29, 0.717) is 5.57 Å². The van der Waals surface area contributed by atoms with Crippen molar-refractivity contribution in [3.05, 3.63) is 47.5 Å². The molecule has 0 aliphatic carbocycles. The number of benzene rings is 1. The van der Waals surface area contributed by atoms with Gasteiger partial charge in [-0.3, -0.25) is 0 Å². The highest BCUT2D eigenvalue weighted by molar-refractivity contribution is 5.87. The van der Waals surface area contributed by atoms with Gasteiger partial charge in [0.1, 0.15) is 6.10 Å². The van der Waals surface area contributed by atoms with Crippen molar-refractivity contribution in [1.82, 2.24) is 5.32 Å². The van der Waals surface area contributed by atoms with Crippen molar-refractivity contribution in [2.75, 3.05) is 7.05 Å². The molecule has 0 spiro atoms. The Kier molecular flexibility index (Phi) is 5.59. The Bertz CT molecular complexity index is 412. The molecule has 2 unspecified atom stereocenters. The maximum Gasteiger partial charge on any atom is 0.334 e. The van der Waals surface area contributed by atoms with Gasteiger partial charge in [-0.1, -0.05) is 36.4 Å². The van der Waals surface area contributed by atoms with Gasteiger partial charge in [0.2, 0.25) is 0 Å². The lowest BCUT2D eigenvalue weighted by atomic mass is 10.0. The fraction of sp³-hybridized carbons (Fsp3) is 0.400. The van der Waals surface area contributed by atoms with Gasteiger partial charge in [0.05, 0.1) is 0 Å². The predicted molar refractivity (Wildman–Crippen MR) is 73.2 cm³/mol. The summed E-state index contributed by atoms with van der Waals surface area (Å²) >= 11 is 0. The highest BCUT2D eigenvalue weighted by Crippen LogP contribution is 2.22. The van der Waals surface area contributed by atoms with Crippen LogP contribution in [0.5, 0.6) is 0 Å². The first-order chi connectivity index (χ1) is 8.60. The topological polar surface area (TPSA) is 38.3 Å². The van der Waals surface area contributed by atoms with E-state index in [1.54, 1.807) is 13.0 Å². The van der Waals surface area contributed by atoms with E-state index in [0.717, 1.165) is 5.56 Å². The molecule has 2 atom stereocenters. The molecule has 0 saturated carbocycles. The third-order valence-electron chi connectivity index (χ3n) is 3.03. The Hall–Kier alpha value is -1.61. The van der Waals surface area contributed by atoms with Crippen LogP contribution < -0.4 is 5.32 Å². The van der Waals surface area contributed by atoms with Gasteiger partial charge in [0.15, 0.2) is 0 Å². The number of hydrogen-bond donors (Lipinski definition) is 1. The van der Waals surface area contributed by atoms with Gasteiger partial charge in [-0.2, -0.15) is 0 Å². The van der Waals surface area contributed by atoms with Crippen LogP contribution in [0.2, 0.25) is 0 Å². The lowest BCUT2D eigenvalue weighted by Gasteiger charge is -2.24. The minimum absolute atomic E-state index is 0.0565. The molecule has 3 heteroatoms. The molecule has 0 aromatic heterocycles. The molecule has 3 nitrogen and oxygen atoms in total. The number of rotatable bonds is 5. The van der Waals surface area contributed by atoms with Crippen molar-refractivity contribution in [3.8, 4) is 0 Å². The zero-order chi connectivity index (χ0) is 13.5. The second kappa shape index (κ2) is 6.97. The van der Waals surface area contributed by atoms with Crippen LogP contribution in [-0.4, -0.2) is 19.1 Å². The van der Waals surface area contributed by atoms with Crippen LogP contribution in [0.25, 0.3) is 0 Å². The molecule has 0 bridgehead atoms. The molecule has 0 amide bonds. The van der Waals surface area contributed by atoms with Crippen molar-refractivity contribution in [2.45, 2.75) is 32.9 Å². The van der Waals surface area contributed by atoms with Gasteiger partial charge in [-0.05, 0) is 33.4 Å². The smallest absolute Gasteiger partial charge is 0.334 e. The predicted octanol–water partition coefficient (Wildman–Crippen LogP) is 2.85. The average Bonchev–Trinajstić information content (AvgIpc) is 2.43. The van der Waals surface area contributed by atoms with Gasteiger partial charge in [0, 0.05) is 11.6 Å². The summed E-state index contributed by atoms with van der Waals surface area (Å²) in [5.41, 5.74) is 1.62. The second-order valence-electron chi connectivity index (χ2n) is 4.29. The van der Waals surface area contributed by atoms with E-state index >= 15 is 0 Å². The third kappa shape index (κ3) is 3.70. The monoisotopic (exact) mass is 247 g/mol. The summed E-state index contributed by atoms with van der Waals surface area (Å²) in [5, 5.41) is 3.13. The number of likely N-dealkylation sites (N-methyl/N-ethyl adjacent to an activating group) is 1. The number of carbonyl (C=O) groups excluding carboxylic acids is 1. The van der Waals surface area contributed by atoms with E-state index in [4.69, 9.17) is 4.74 Å². The Morgan fingerprint density at radius 2 is 1.94 bits per heavy atom. The molecule has 0 aliphatic heterocycles. The Labute approximate surface area is 109 Å². The van der Waals surface area contributed by atoms with E-state index in [9.17, 15) is 4.79 Å². The molecule has 0 radical (unpaired) electrons. The molecule has 1 aromatic carbocycles. The highest BCUT2D eigenvalue weighted by atomic mass is 16.5. The molecule has 1 rings (SSSR count). The largest absolute Gasteiger partial charge is 0.452 e. The number of allylic oxidation sites excluding steroid dienone is 1. The summed E-state index contributed by atoms with van der Waals surface area (Å²) in [6.07, 6.45) is 1.48.